The van der Waals surface area contributed by atoms with Crippen LogP contribution in [0.4, 0.5) is 5.69 Å². The van der Waals surface area contributed by atoms with Crippen LogP contribution in [0.1, 0.15) is 17.5 Å². The summed E-state index contributed by atoms with van der Waals surface area (Å²) >= 11 is 12.1. The molecule has 0 saturated carbocycles. The summed E-state index contributed by atoms with van der Waals surface area (Å²) in [7, 11) is 1.52. The van der Waals surface area contributed by atoms with Gasteiger partial charge in [-0.3, -0.25) is 9.59 Å². The lowest BCUT2D eigenvalue weighted by Gasteiger charge is -2.12. The van der Waals surface area contributed by atoms with Crippen LogP contribution in [-0.2, 0) is 16.2 Å². The molecule has 3 aromatic rings. The number of rotatable bonds is 9. The van der Waals surface area contributed by atoms with Gasteiger partial charge in [0.05, 0.1) is 13.3 Å². The lowest BCUT2D eigenvalue weighted by Crippen LogP contribution is -2.24. The van der Waals surface area contributed by atoms with Crippen molar-refractivity contribution >= 4 is 46.9 Å². The molecule has 0 aliphatic heterocycles. The maximum Gasteiger partial charge on any atom is 0.249 e. The number of ether oxygens (including phenoxy) is 2. The molecule has 170 valence electrons. The quantitative estimate of drug-likeness (QED) is 0.251. The van der Waals surface area contributed by atoms with Gasteiger partial charge >= 0.3 is 0 Å². The van der Waals surface area contributed by atoms with E-state index >= 15 is 0 Å². The summed E-state index contributed by atoms with van der Waals surface area (Å²) < 4.78 is 11.2. The van der Waals surface area contributed by atoms with Gasteiger partial charge in [-0.15, -0.1) is 0 Å². The summed E-state index contributed by atoms with van der Waals surface area (Å²) in [6.07, 6.45) is 1.09. The van der Waals surface area contributed by atoms with Crippen molar-refractivity contribution in [1.82, 2.24) is 5.43 Å². The number of halogens is 2. The van der Waals surface area contributed by atoms with E-state index in [0.717, 1.165) is 5.56 Å². The summed E-state index contributed by atoms with van der Waals surface area (Å²) in [4.78, 5) is 23.8. The molecule has 7 nitrogen and oxygen atoms in total. The van der Waals surface area contributed by atoms with Crippen molar-refractivity contribution in [2.45, 2.75) is 13.0 Å². The number of amides is 2. The minimum absolute atomic E-state index is 0.237. The van der Waals surface area contributed by atoms with Crippen molar-refractivity contribution in [2.24, 2.45) is 5.10 Å². The maximum absolute atomic E-state index is 11.9. The van der Waals surface area contributed by atoms with Gasteiger partial charge < -0.3 is 14.8 Å². The molecule has 2 amide bonds. The summed E-state index contributed by atoms with van der Waals surface area (Å²) in [6, 6.07) is 19.2. The zero-order chi connectivity index (χ0) is 23.6. The third-order valence-corrected chi connectivity index (χ3v) is 4.95. The lowest BCUT2D eigenvalue weighted by atomic mass is 10.2. The molecule has 0 heterocycles. The molecular formula is C24H21Cl2N3O4. The van der Waals surface area contributed by atoms with E-state index in [1.54, 1.807) is 60.7 Å². The monoisotopic (exact) mass is 485 g/mol. The zero-order valence-electron chi connectivity index (χ0n) is 17.7. The number of nitrogens with zero attached hydrogens (tertiary/aromatic N) is 1. The van der Waals surface area contributed by atoms with E-state index < -0.39 is 11.8 Å². The molecule has 3 aromatic carbocycles. The average Bonchev–Trinajstić information content (AvgIpc) is 2.79. The van der Waals surface area contributed by atoms with E-state index in [-0.39, 0.29) is 13.0 Å². The molecule has 2 N–H and O–H groups in total. The Hall–Kier alpha value is -3.55. The topological polar surface area (TPSA) is 89.0 Å². The second-order valence-corrected chi connectivity index (χ2v) is 7.66. The fourth-order valence-electron chi connectivity index (χ4n) is 2.77. The molecule has 9 heteroatoms. The van der Waals surface area contributed by atoms with Crippen LogP contribution in [0.3, 0.4) is 0 Å². The number of carbonyl (C=O) groups is 2. The van der Waals surface area contributed by atoms with Gasteiger partial charge in [-0.25, -0.2) is 5.43 Å². The molecular weight excluding hydrogens is 465 g/mol. The van der Waals surface area contributed by atoms with Crippen LogP contribution < -0.4 is 20.2 Å². The molecule has 0 fully saturated rings. The standard InChI is InChI=1S/C24H21Cl2N3O4/c1-32-22-11-16(7-10-21(22)33-15-17-8-9-18(25)12-20(17)26)14-27-29-24(31)13-23(30)28-19-5-3-2-4-6-19/h2-12,14H,13,15H2,1H3,(H,28,30)(H,29,31). The highest BCUT2D eigenvalue weighted by Crippen LogP contribution is 2.29. The maximum atomic E-state index is 11.9. The Kier molecular flexibility index (Phi) is 8.69. The highest BCUT2D eigenvalue weighted by molar-refractivity contribution is 6.35. The van der Waals surface area contributed by atoms with Gasteiger partial charge in [-0.1, -0.05) is 47.5 Å². The molecule has 3 rings (SSSR count). The molecule has 0 spiro atoms. The van der Waals surface area contributed by atoms with Crippen LogP contribution in [0.25, 0.3) is 0 Å². The van der Waals surface area contributed by atoms with Gasteiger partial charge in [0.1, 0.15) is 13.0 Å². The number of benzene rings is 3. The van der Waals surface area contributed by atoms with Crippen molar-refractivity contribution in [3.63, 3.8) is 0 Å². The fraction of sp³-hybridized carbons (Fsp3) is 0.125. The van der Waals surface area contributed by atoms with Gasteiger partial charge in [-0.05, 0) is 48.0 Å². The smallest absolute Gasteiger partial charge is 0.249 e. The van der Waals surface area contributed by atoms with E-state index in [1.165, 1.54) is 13.3 Å². The largest absolute Gasteiger partial charge is 0.493 e. The third kappa shape index (κ3) is 7.52. The summed E-state index contributed by atoms with van der Waals surface area (Å²) in [6.45, 7) is 0.237. The van der Waals surface area contributed by atoms with Gasteiger partial charge in [0.25, 0.3) is 0 Å². The Bertz CT molecular complexity index is 1150. The second kappa shape index (κ2) is 11.9. The Labute approximate surface area is 201 Å². The number of carbonyl (C=O) groups excluding carboxylic acids is 2. The molecule has 0 aliphatic rings. The predicted octanol–water partition coefficient (Wildman–Crippen LogP) is 5.06. The summed E-state index contributed by atoms with van der Waals surface area (Å²) in [5, 5.41) is 7.59. The number of hydrazone groups is 1. The Morgan fingerprint density at radius 3 is 2.48 bits per heavy atom. The van der Waals surface area contributed by atoms with Gasteiger partial charge in [0, 0.05) is 21.3 Å². The molecule has 0 saturated heterocycles. The van der Waals surface area contributed by atoms with E-state index in [1.807, 2.05) is 6.07 Å². The number of hydrogen-bond acceptors (Lipinski definition) is 5. The number of anilines is 1. The third-order valence-electron chi connectivity index (χ3n) is 4.37. The van der Waals surface area contributed by atoms with Crippen molar-refractivity contribution in [1.29, 1.82) is 0 Å². The van der Waals surface area contributed by atoms with Gasteiger partial charge in [0.2, 0.25) is 11.8 Å². The first-order valence-corrected chi connectivity index (χ1v) is 10.6. The van der Waals surface area contributed by atoms with E-state index in [9.17, 15) is 9.59 Å². The Morgan fingerprint density at radius 1 is 0.970 bits per heavy atom. The first-order chi connectivity index (χ1) is 15.9. The fourth-order valence-corrected chi connectivity index (χ4v) is 3.23. The van der Waals surface area contributed by atoms with E-state index in [2.05, 4.69) is 15.8 Å². The Morgan fingerprint density at radius 2 is 1.76 bits per heavy atom. The Balaban J connectivity index is 1.53. The van der Waals surface area contributed by atoms with Crippen LogP contribution in [-0.4, -0.2) is 25.1 Å². The zero-order valence-corrected chi connectivity index (χ0v) is 19.2. The minimum atomic E-state index is -0.536. The van der Waals surface area contributed by atoms with Crippen molar-refractivity contribution in [2.75, 3.05) is 12.4 Å². The highest BCUT2D eigenvalue weighted by atomic mass is 35.5. The highest BCUT2D eigenvalue weighted by Gasteiger charge is 2.10. The SMILES string of the molecule is COc1cc(C=NNC(=O)CC(=O)Nc2ccccc2)ccc1OCc1ccc(Cl)cc1Cl. The van der Waals surface area contributed by atoms with Crippen LogP contribution in [0.2, 0.25) is 10.0 Å². The van der Waals surface area contributed by atoms with Crippen LogP contribution in [0, 0.1) is 0 Å². The summed E-state index contributed by atoms with van der Waals surface area (Å²) in [5.41, 5.74) is 4.40. The van der Waals surface area contributed by atoms with E-state index in [0.29, 0.717) is 32.8 Å². The molecule has 0 aromatic heterocycles. The number of methoxy groups -OCH3 is 1. The molecule has 0 radical (unpaired) electrons. The van der Waals surface area contributed by atoms with Crippen molar-refractivity contribution in [3.8, 4) is 11.5 Å². The second-order valence-electron chi connectivity index (χ2n) is 6.82. The lowest BCUT2D eigenvalue weighted by molar-refractivity contribution is -0.126. The molecule has 33 heavy (non-hydrogen) atoms. The summed E-state index contributed by atoms with van der Waals surface area (Å²) in [5.74, 6) is 0.0317. The van der Waals surface area contributed by atoms with Gasteiger partial charge in [-0.2, -0.15) is 5.10 Å². The normalized spacial score (nSPS) is 10.6. The van der Waals surface area contributed by atoms with E-state index in [4.69, 9.17) is 32.7 Å². The molecule has 0 unspecified atom stereocenters. The number of nitrogens with one attached hydrogen (secondary N) is 2. The van der Waals surface area contributed by atoms with Crippen LogP contribution >= 0.6 is 23.2 Å². The average molecular weight is 486 g/mol. The van der Waals surface area contributed by atoms with Crippen LogP contribution in [0.15, 0.2) is 71.8 Å². The first-order valence-electron chi connectivity index (χ1n) is 9.86. The van der Waals surface area contributed by atoms with Crippen molar-refractivity contribution < 1.29 is 19.1 Å². The molecule has 0 atom stereocenters. The number of para-hydroxylation sites is 1. The first kappa shape index (κ1) is 24.1. The van der Waals surface area contributed by atoms with Gasteiger partial charge in [0.15, 0.2) is 11.5 Å². The molecule has 0 aliphatic carbocycles. The number of hydrogen-bond donors (Lipinski definition) is 2. The molecule has 0 bridgehead atoms. The van der Waals surface area contributed by atoms with Crippen molar-refractivity contribution in [3.05, 3.63) is 87.9 Å². The minimum Gasteiger partial charge on any atom is -0.493 e. The van der Waals surface area contributed by atoms with Crippen LogP contribution in [0.5, 0.6) is 11.5 Å². The predicted molar refractivity (Wildman–Crippen MR) is 129 cm³/mol.